The number of primary amides is 1. The van der Waals surface area contributed by atoms with Gasteiger partial charge in [-0.05, 0) is 36.8 Å². The number of ether oxygens (including phenoxy) is 1. The second kappa shape index (κ2) is 8.29. The highest BCUT2D eigenvalue weighted by Gasteiger charge is 2.20. The average molecular weight is 401 g/mol. The Morgan fingerprint density at radius 1 is 0.933 bits per heavy atom. The SMILES string of the molecule is CCNC(=O)COc1cccc2c1c1c(C(N)=O)cccc1n2Cc1ccccc1. The van der Waals surface area contributed by atoms with E-state index in [9.17, 15) is 9.59 Å². The van der Waals surface area contributed by atoms with Crippen molar-refractivity contribution in [1.29, 1.82) is 0 Å². The molecule has 1 aromatic heterocycles. The minimum Gasteiger partial charge on any atom is -0.483 e. The maximum atomic E-state index is 12.2. The van der Waals surface area contributed by atoms with E-state index in [1.807, 2.05) is 55.5 Å². The molecule has 0 aliphatic carbocycles. The predicted molar refractivity (Wildman–Crippen MR) is 118 cm³/mol. The van der Waals surface area contributed by atoms with Crippen molar-refractivity contribution in [1.82, 2.24) is 9.88 Å². The van der Waals surface area contributed by atoms with Gasteiger partial charge in [0.2, 0.25) is 5.91 Å². The average Bonchev–Trinajstić information content (AvgIpc) is 3.07. The van der Waals surface area contributed by atoms with Gasteiger partial charge in [-0.3, -0.25) is 9.59 Å². The van der Waals surface area contributed by atoms with Crippen LogP contribution >= 0.6 is 0 Å². The van der Waals surface area contributed by atoms with Crippen LogP contribution in [0.5, 0.6) is 5.75 Å². The third kappa shape index (κ3) is 3.59. The first-order chi connectivity index (χ1) is 14.6. The van der Waals surface area contributed by atoms with Gasteiger partial charge in [0.15, 0.2) is 6.61 Å². The van der Waals surface area contributed by atoms with E-state index < -0.39 is 5.91 Å². The quantitative estimate of drug-likeness (QED) is 0.497. The summed E-state index contributed by atoms with van der Waals surface area (Å²) in [5.41, 5.74) is 9.06. The van der Waals surface area contributed by atoms with Gasteiger partial charge in [-0.15, -0.1) is 0 Å². The van der Waals surface area contributed by atoms with E-state index in [1.54, 1.807) is 6.07 Å². The number of amides is 2. The van der Waals surface area contributed by atoms with E-state index in [-0.39, 0.29) is 12.5 Å². The maximum absolute atomic E-state index is 12.2. The van der Waals surface area contributed by atoms with Crippen molar-refractivity contribution in [3.63, 3.8) is 0 Å². The Morgan fingerprint density at radius 2 is 1.63 bits per heavy atom. The van der Waals surface area contributed by atoms with Gasteiger partial charge in [-0.25, -0.2) is 0 Å². The molecular weight excluding hydrogens is 378 g/mol. The zero-order chi connectivity index (χ0) is 21.1. The molecule has 0 aliphatic rings. The number of hydrogen-bond donors (Lipinski definition) is 2. The zero-order valence-electron chi connectivity index (χ0n) is 16.7. The predicted octanol–water partition coefficient (Wildman–Crippen LogP) is 3.46. The van der Waals surface area contributed by atoms with E-state index in [2.05, 4.69) is 22.0 Å². The van der Waals surface area contributed by atoms with Crippen LogP contribution in [-0.4, -0.2) is 29.5 Å². The Hall–Kier alpha value is -3.80. The van der Waals surface area contributed by atoms with Crippen LogP contribution in [0.4, 0.5) is 0 Å². The van der Waals surface area contributed by atoms with Gasteiger partial charge in [0.05, 0.1) is 16.4 Å². The van der Waals surface area contributed by atoms with Crippen molar-refractivity contribution < 1.29 is 14.3 Å². The topological polar surface area (TPSA) is 86.3 Å². The first kappa shape index (κ1) is 19.5. The molecule has 4 aromatic rings. The first-order valence-corrected chi connectivity index (χ1v) is 9.87. The molecule has 6 heteroatoms. The molecule has 3 N–H and O–H groups in total. The molecule has 2 amide bonds. The van der Waals surface area contributed by atoms with E-state index in [0.29, 0.717) is 24.4 Å². The molecule has 0 bridgehead atoms. The Balaban J connectivity index is 1.93. The van der Waals surface area contributed by atoms with Crippen LogP contribution in [0, 0.1) is 0 Å². The van der Waals surface area contributed by atoms with Crippen LogP contribution in [-0.2, 0) is 11.3 Å². The monoisotopic (exact) mass is 401 g/mol. The highest BCUT2D eigenvalue weighted by Crippen LogP contribution is 2.38. The molecule has 0 saturated heterocycles. The second-order valence-corrected chi connectivity index (χ2v) is 7.03. The van der Waals surface area contributed by atoms with E-state index in [4.69, 9.17) is 10.5 Å². The van der Waals surface area contributed by atoms with Crippen LogP contribution in [0.1, 0.15) is 22.8 Å². The lowest BCUT2D eigenvalue weighted by atomic mass is 10.1. The van der Waals surface area contributed by atoms with Gasteiger partial charge < -0.3 is 20.4 Å². The van der Waals surface area contributed by atoms with Crippen molar-refractivity contribution in [3.05, 3.63) is 77.9 Å². The van der Waals surface area contributed by atoms with Crippen molar-refractivity contribution >= 4 is 33.6 Å². The molecule has 4 rings (SSSR count). The minimum atomic E-state index is -0.502. The molecule has 152 valence electrons. The molecular formula is C24H23N3O3. The number of fused-ring (bicyclic) bond motifs is 3. The van der Waals surface area contributed by atoms with Crippen LogP contribution < -0.4 is 15.8 Å². The fraction of sp³-hybridized carbons (Fsp3) is 0.167. The Bertz CT molecular complexity index is 1230. The molecule has 1 heterocycles. The van der Waals surface area contributed by atoms with Gasteiger partial charge in [0.25, 0.3) is 5.91 Å². The van der Waals surface area contributed by atoms with E-state index >= 15 is 0 Å². The van der Waals surface area contributed by atoms with Gasteiger partial charge in [0, 0.05) is 24.0 Å². The Labute approximate surface area is 174 Å². The maximum Gasteiger partial charge on any atom is 0.257 e. The first-order valence-electron chi connectivity index (χ1n) is 9.87. The molecule has 0 atom stereocenters. The van der Waals surface area contributed by atoms with Crippen LogP contribution in [0.2, 0.25) is 0 Å². The summed E-state index contributed by atoms with van der Waals surface area (Å²) in [6, 6.07) is 21.3. The largest absolute Gasteiger partial charge is 0.483 e. The molecule has 6 nitrogen and oxygen atoms in total. The number of carbonyl (C=O) groups is 2. The summed E-state index contributed by atoms with van der Waals surface area (Å²) in [5.74, 6) is -0.153. The molecule has 0 fully saturated rings. The number of nitrogens with one attached hydrogen (secondary N) is 1. The number of carbonyl (C=O) groups excluding carboxylic acids is 2. The summed E-state index contributed by atoms with van der Waals surface area (Å²) in [6.07, 6.45) is 0. The van der Waals surface area contributed by atoms with Crippen LogP contribution in [0.3, 0.4) is 0 Å². The molecule has 0 saturated carbocycles. The number of likely N-dealkylation sites (N-methyl/N-ethyl adjacent to an activating group) is 1. The second-order valence-electron chi connectivity index (χ2n) is 7.03. The van der Waals surface area contributed by atoms with Crippen molar-refractivity contribution in [2.45, 2.75) is 13.5 Å². The highest BCUT2D eigenvalue weighted by molar-refractivity contribution is 6.19. The number of nitrogens with zero attached hydrogens (tertiary/aromatic N) is 1. The van der Waals surface area contributed by atoms with Crippen molar-refractivity contribution in [3.8, 4) is 5.75 Å². The lowest BCUT2D eigenvalue weighted by Crippen LogP contribution is -2.28. The molecule has 0 unspecified atom stereocenters. The van der Waals surface area contributed by atoms with E-state index in [1.165, 1.54) is 0 Å². The normalized spacial score (nSPS) is 11.0. The van der Waals surface area contributed by atoms with Crippen molar-refractivity contribution in [2.24, 2.45) is 5.73 Å². The fourth-order valence-electron chi connectivity index (χ4n) is 3.81. The highest BCUT2D eigenvalue weighted by atomic mass is 16.5. The molecule has 30 heavy (non-hydrogen) atoms. The summed E-state index contributed by atoms with van der Waals surface area (Å²) < 4.78 is 8.01. The van der Waals surface area contributed by atoms with Gasteiger partial charge in [-0.1, -0.05) is 42.5 Å². The third-order valence-corrected chi connectivity index (χ3v) is 5.06. The molecule has 3 aromatic carbocycles. The molecule has 0 radical (unpaired) electrons. The summed E-state index contributed by atoms with van der Waals surface area (Å²) >= 11 is 0. The number of rotatable bonds is 7. The number of hydrogen-bond acceptors (Lipinski definition) is 3. The smallest absolute Gasteiger partial charge is 0.257 e. The lowest BCUT2D eigenvalue weighted by molar-refractivity contribution is -0.122. The number of benzene rings is 3. The summed E-state index contributed by atoms with van der Waals surface area (Å²) in [6.45, 7) is 2.92. The van der Waals surface area contributed by atoms with Gasteiger partial charge in [0.1, 0.15) is 5.75 Å². The van der Waals surface area contributed by atoms with Crippen LogP contribution in [0.15, 0.2) is 66.7 Å². The summed E-state index contributed by atoms with van der Waals surface area (Å²) in [7, 11) is 0. The number of nitrogens with two attached hydrogens (primary N) is 1. The van der Waals surface area contributed by atoms with Crippen molar-refractivity contribution in [2.75, 3.05) is 13.2 Å². The molecule has 0 spiro atoms. The van der Waals surface area contributed by atoms with Gasteiger partial charge in [-0.2, -0.15) is 0 Å². The summed E-state index contributed by atoms with van der Waals surface area (Å²) in [5, 5.41) is 4.24. The van der Waals surface area contributed by atoms with Gasteiger partial charge >= 0.3 is 0 Å². The van der Waals surface area contributed by atoms with Crippen LogP contribution in [0.25, 0.3) is 21.8 Å². The minimum absolute atomic E-state index is 0.100. The Morgan fingerprint density at radius 3 is 2.33 bits per heavy atom. The summed E-state index contributed by atoms with van der Waals surface area (Å²) in [4.78, 5) is 24.1. The van der Waals surface area contributed by atoms with E-state index in [0.717, 1.165) is 27.4 Å². The molecule has 0 aliphatic heterocycles. The lowest BCUT2D eigenvalue weighted by Gasteiger charge is -2.09. The zero-order valence-corrected chi connectivity index (χ0v) is 16.7. The Kier molecular flexibility index (Phi) is 5.39. The third-order valence-electron chi connectivity index (χ3n) is 5.06. The fourth-order valence-corrected chi connectivity index (χ4v) is 3.81. The number of aromatic nitrogens is 1. The standard InChI is InChI=1S/C24H23N3O3/c1-2-26-21(28)15-30-20-13-7-12-19-23(20)22-17(24(25)29)10-6-11-18(22)27(19)14-16-8-4-3-5-9-16/h3-13H,2,14-15H2,1H3,(H2,25,29)(H,26,28).